The molecule has 1 aliphatic carbocycles. The first-order valence-electron chi connectivity index (χ1n) is 6.70. The fourth-order valence-electron chi connectivity index (χ4n) is 2.78. The van der Waals surface area contributed by atoms with Gasteiger partial charge < -0.3 is 5.73 Å². The van der Waals surface area contributed by atoms with E-state index in [1.54, 1.807) is 6.92 Å². The second-order valence-corrected chi connectivity index (χ2v) is 7.07. The van der Waals surface area contributed by atoms with Crippen LogP contribution >= 0.6 is 0 Å². The standard InChI is InChI=1S/C12H22N4O2S/c1-8-4-3-5-10(6-8)16-19(17,18)12-9(2)14-15-11(12)7-13/h8,10,16H,3-7,13H2,1-2H3,(H,14,15). The van der Waals surface area contributed by atoms with Gasteiger partial charge in [-0.2, -0.15) is 5.10 Å². The number of H-pyrrole nitrogens is 1. The van der Waals surface area contributed by atoms with Crippen molar-refractivity contribution in [3.8, 4) is 0 Å². The summed E-state index contributed by atoms with van der Waals surface area (Å²) in [5.41, 5.74) is 6.48. The molecule has 0 bridgehead atoms. The molecule has 0 spiro atoms. The van der Waals surface area contributed by atoms with Gasteiger partial charge in [-0.05, 0) is 25.7 Å². The van der Waals surface area contributed by atoms with Crippen molar-refractivity contribution in [2.24, 2.45) is 11.7 Å². The van der Waals surface area contributed by atoms with Gasteiger partial charge in [-0.3, -0.25) is 5.10 Å². The molecular formula is C12H22N4O2S. The lowest BCUT2D eigenvalue weighted by atomic mass is 9.88. The highest BCUT2D eigenvalue weighted by molar-refractivity contribution is 7.89. The lowest BCUT2D eigenvalue weighted by Gasteiger charge is -2.27. The largest absolute Gasteiger partial charge is 0.325 e. The minimum atomic E-state index is -3.54. The van der Waals surface area contributed by atoms with Crippen molar-refractivity contribution in [3.63, 3.8) is 0 Å². The van der Waals surface area contributed by atoms with Crippen LogP contribution in [0.3, 0.4) is 0 Å². The Kier molecular flexibility index (Phi) is 4.27. The molecule has 0 aliphatic heterocycles. The Morgan fingerprint density at radius 1 is 1.47 bits per heavy atom. The number of aromatic nitrogens is 2. The van der Waals surface area contributed by atoms with Gasteiger partial charge in [0.1, 0.15) is 4.90 Å². The van der Waals surface area contributed by atoms with Crippen LogP contribution in [0, 0.1) is 12.8 Å². The molecule has 0 saturated heterocycles. The van der Waals surface area contributed by atoms with Crippen molar-refractivity contribution >= 4 is 10.0 Å². The number of nitrogens with zero attached hydrogens (tertiary/aromatic N) is 1. The van der Waals surface area contributed by atoms with Gasteiger partial charge in [-0.25, -0.2) is 13.1 Å². The quantitative estimate of drug-likeness (QED) is 0.769. The number of sulfonamides is 1. The predicted octanol–water partition coefficient (Wildman–Crippen LogP) is 1.03. The van der Waals surface area contributed by atoms with Crippen LogP contribution in [-0.4, -0.2) is 24.7 Å². The number of rotatable bonds is 4. The molecule has 1 aromatic heterocycles. The lowest BCUT2D eigenvalue weighted by Crippen LogP contribution is -2.38. The molecule has 1 aliphatic rings. The average Bonchev–Trinajstić information content (AvgIpc) is 2.70. The number of nitrogens with two attached hydrogens (primary N) is 1. The molecule has 1 saturated carbocycles. The first-order chi connectivity index (χ1) is 8.94. The maximum Gasteiger partial charge on any atom is 0.244 e. The van der Waals surface area contributed by atoms with E-state index in [0.29, 0.717) is 17.3 Å². The van der Waals surface area contributed by atoms with E-state index in [9.17, 15) is 8.42 Å². The molecule has 4 N–H and O–H groups in total. The van der Waals surface area contributed by atoms with E-state index in [0.717, 1.165) is 19.3 Å². The van der Waals surface area contributed by atoms with Crippen molar-refractivity contribution in [1.82, 2.24) is 14.9 Å². The number of aryl methyl sites for hydroxylation is 1. The molecule has 1 heterocycles. The van der Waals surface area contributed by atoms with Crippen LogP contribution in [0.4, 0.5) is 0 Å². The summed E-state index contributed by atoms with van der Waals surface area (Å²) in [7, 11) is -3.54. The Hall–Kier alpha value is -0.920. The lowest BCUT2D eigenvalue weighted by molar-refractivity contribution is 0.327. The summed E-state index contributed by atoms with van der Waals surface area (Å²) in [6, 6.07) is 0.0219. The van der Waals surface area contributed by atoms with Crippen LogP contribution in [0.2, 0.25) is 0 Å². The molecule has 0 aromatic carbocycles. The van der Waals surface area contributed by atoms with E-state index < -0.39 is 10.0 Å². The fourth-order valence-corrected chi connectivity index (χ4v) is 4.44. The molecular weight excluding hydrogens is 264 g/mol. The van der Waals surface area contributed by atoms with E-state index >= 15 is 0 Å². The predicted molar refractivity (Wildman–Crippen MR) is 73.0 cm³/mol. The van der Waals surface area contributed by atoms with E-state index in [4.69, 9.17) is 5.73 Å². The minimum absolute atomic E-state index is 0.0219. The summed E-state index contributed by atoms with van der Waals surface area (Å²) in [5.74, 6) is 0.570. The Morgan fingerprint density at radius 3 is 2.84 bits per heavy atom. The van der Waals surface area contributed by atoms with Gasteiger partial charge >= 0.3 is 0 Å². The Bertz CT molecular complexity index is 538. The highest BCUT2D eigenvalue weighted by Gasteiger charge is 2.28. The van der Waals surface area contributed by atoms with Gasteiger partial charge in [-0.15, -0.1) is 0 Å². The molecule has 2 unspecified atom stereocenters. The number of hydrogen-bond acceptors (Lipinski definition) is 4. The Balaban J connectivity index is 2.20. The second kappa shape index (κ2) is 5.60. The maximum absolute atomic E-state index is 12.4. The SMILES string of the molecule is Cc1[nH]nc(CN)c1S(=O)(=O)NC1CCCC(C)C1. The topological polar surface area (TPSA) is 101 Å². The second-order valence-electron chi connectivity index (χ2n) is 5.42. The van der Waals surface area contributed by atoms with Crippen molar-refractivity contribution in [1.29, 1.82) is 0 Å². The van der Waals surface area contributed by atoms with Gasteiger partial charge in [0.05, 0.1) is 11.4 Å². The summed E-state index contributed by atoms with van der Waals surface area (Å²) >= 11 is 0. The summed E-state index contributed by atoms with van der Waals surface area (Å²) in [4.78, 5) is 0.216. The van der Waals surface area contributed by atoms with E-state index in [1.807, 2.05) is 0 Å². The van der Waals surface area contributed by atoms with Gasteiger partial charge in [0.15, 0.2) is 0 Å². The Morgan fingerprint density at radius 2 is 2.21 bits per heavy atom. The third-order valence-corrected chi connectivity index (χ3v) is 5.40. The molecule has 0 amide bonds. The monoisotopic (exact) mass is 286 g/mol. The van der Waals surface area contributed by atoms with Crippen molar-refractivity contribution in [2.45, 2.75) is 57.0 Å². The van der Waals surface area contributed by atoms with Gasteiger partial charge in [0.25, 0.3) is 0 Å². The normalized spacial score (nSPS) is 24.6. The van der Waals surface area contributed by atoms with Crippen molar-refractivity contribution in [3.05, 3.63) is 11.4 Å². The van der Waals surface area contributed by atoms with Crippen LogP contribution in [0.25, 0.3) is 0 Å². The van der Waals surface area contributed by atoms with Crippen LogP contribution in [0.1, 0.15) is 44.0 Å². The first-order valence-corrected chi connectivity index (χ1v) is 8.18. The van der Waals surface area contributed by atoms with Crippen LogP contribution in [0.5, 0.6) is 0 Å². The van der Waals surface area contributed by atoms with Gasteiger partial charge in [0.2, 0.25) is 10.0 Å². The van der Waals surface area contributed by atoms with Gasteiger partial charge in [0, 0.05) is 12.6 Å². The molecule has 0 radical (unpaired) electrons. The number of hydrogen-bond donors (Lipinski definition) is 3. The molecule has 19 heavy (non-hydrogen) atoms. The zero-order valence-corrected chi connectivity index (χ0v) is 12.3. The van der Waals surface area contributed by atoms with Crippen LogP contribution in [0.15, 0.2) is 4.90 Å². The average molecular weight is 286 g/mol. The molecule has 2 atom stereocenters. The zero-order valence-electron chi connectivity index (χ0n) is 11.4. The van der Waals surface area contributed by atoms with Crippen LogP contribution < -0.4 is 10.5 Å². The molecule has 108 valence electrons. The molecule has 7 heteroatoms. The van der Waals surface area contributed by atoms with Gasteiger partial charge in [-0.1, -0.05) is 19.8 Å². The molecule has 6 nitrogen and oxygen atoms in total. The summed E-state index contributed by atoms with van der Waals surface area (Å²) in [6.45, 7) is 3.97. The molecule has 1 fully saturated rings. The maximum atomic E-state index is 12.4. The van der Waals surface area contributed by atoms with E-state index in [2.05, 4.69) is 21.8 Å². The third kappa shape index (κ3) is 3.16. The highest BCUT2D eigenvalue weighted by atomic mass is 32.2. The fraction of sp³-hybridized carbons (Fsp3) is 0.750. The zero-order chi connectivity index (χ0) is 14.0. The third-order valence-electron chi connectivity index (χ3n) is 3.68. The molecule has 1 aromatic rings. The Labute approximate surface area is 114 Å². The minimum Gasteiger partial charge on any atom is -0.325 e. The number of nitrogens with one attached hydrogen (secondary N) is 2. The van der Waals surface area contributed by atoms with Crippen molar-refractivity contribution in [2.75, 3.05) is 0 Å². The van der Waals surface area contributed by atoms with E-state index in [1.165, 1.54) is 6.42 Å². The molecule has 2 rings (SSSR count). The summed E-state index contributed by atoms with van der Waals surface area (Å²) < 4.78 is 27.7. The smallest absolute Gasteiger partial charge is 0.244 e. The first kappa shape index (κ1) is 14.5. The summed E-state index contributed by atoms with van der Waals surface area (Å²) in [6.07, 6.45) is 4.05. The van der Waals surface area contributed by atoms with Crippen molar-refractivity contribution < 1.29 is 8.42 Å². The van der Waals surface area contributed by atoms with E-state index in [-0.39, 0.29) is 17.5 Å². The summed E-state index contributed by atoms with van der Waals surface area (Å²) in [5, 5.41) is 6.63. The highest BCUT2D eigenvalue weighted by Crippen LogP contribution is 2.26. The number of aromatic amines is 1. The van der Waals surface area contributed by atoms with Crippen LogP contribution in [-0.2, 0) is 16.6 Å².